The van der Waals surface area contributed by atoms with Gasteiger partial charge in [0.15, 0.2) is 0 Å². The third-order valence-corrected chi connectivity index (χ3v) is 8.33. The number of sulfonamides is 1. The van der Waals surface area contributed by atoms with Crippen molar-refractivity contribution < 1.29 is 22.7 Å². The second kappa shape index (κ2) is 11.5. The predicted molar refractivity (Wildman–Crippen MR) is 149 cm³/mol. The van der Waals surface area contributed by atoms with Gasteiger partial charge in [0.1, 0.15) is 28.6 Å². The first-order valence-electron chi connectivity index (χ1n) is 12.8. The van der Waals surface area contributed by atoms with Crippen molar-refractivity contribution in [3.63, 3.8) is 0 Å². The number of rotatable bonds is 10. The van der Waals surface area contributed by atoms with Crippen molar-refractivity contribution in [2.45, 2.75) is 50.1 Å². The Labute approximate surface area is 228 Å². The maximum atomic E-state index is 13.5. The highest BCUT2D eigenvalue weighted by Crippen LogP contribution is 2.27. The molecule has 0 bridgehead atoms. The van der Waals surface area contributed by atoms with Crippen LogP contribution >= 0.6 is 0 Å². The summed E-state index contributed by atoms with van der Waals surface area (Å²) in [5.41, 5.74) is 7.93. The fraction of sp³-hybridized carbons (Fsp3) is 0.407. The highest BCUT2D eigenvalue weighted by Gasteiger charge is 2.41. The van der Waals surface area contributed by atoms with Gasteiger partial charge in [-0.2, -0.15) is 4.72 Å². The van der Waals surface area contributed by atoms with E-state index in [1.165, 1.54) is 17.2 Å². The van der Waals surface area contributed by atoms with Gasteiger partial charge in [-0.3, -0.25) is 4.79 Å². The first-order chi connectivity index (χ1) is 18.6. The second-order valence-electron chi connectivity index (χ2n) is 9.60. The first-order valence-corrected chi connectivity index (χ1v) is 14.3. The minimum Gasteiger partial charge on any atom is -0.464 e. The zero-order valence-electron chi connectivity index (χ0n) is 22.5. The second-order valence-corrected chi connectivity index (χ2v) is 11.3. The Morgan fingerprint density at radius 1 is 1.21 bits per heavy atom. The molecule has 0 unspecified atom stereocenters. The average molecular weight is 555 g/mol. The summed E-state index contributed by atoms with van der Waals surface area (Å²) in [7, 11) is -0.409. The number of hydrogen-bond acceptors (Lipinski definition) is 9. The van der Waals surface area contributed by atoms with Crippen LogP contribution in [-0.2, 0) is 37.2 Å². The molecule has 3 aromatic rings. The van der Waals surface area contributed by atoms with Crippen LogP contribution in [0.25, 0.3) is 10.8 Å². The minimum atomic E-state index is -4.01. The molecule has 12 heteroatoms. The summed E-state index contributed by atoms with van der Waals surface area (Å²) in [6.07, 6.45) is 4.01. The molecule has 1 fully saturated rings. The molecule has 1 amide bonds. The molecule has 1 aliphatic rings. The molecule has 3 heterocycles. The fourth-order valence-electron chi connectivity index (χ4n) is 4.79. The van der Waals surface area contributed by atoms with E-state index in [1.54, 1.807) is 38.2 Å². The molecule has 0 radical (unpaired) electrons. The lowest BCUT2D eigenvalue weighted by atomic mass is 9.94. The van der Waals surface area contributed by atoms with Gasteiger partial charge in [-0.05, 0) is 60.5 Å². The summed E-state index contributed by atoms with van der Waals surface area (Å²) >= 11 is 0. The van der Waals surface area contributed by atoms with Gasteiger partial charge in [-0.1, -0.05) is 13.0 Å². The number of nitrogen functional groups attached to an aromatic ring is 1. The number of nitrogens with zero attached hydrogens (tertiary/aromatic N) is 4. The summed E-state index contributed by atoms with van der Waals surface area (Å²) in [5.74, 6) is 0.0246. The van der Waals surface area contributed by atoms with Crippen molar-refractivity contribution in [3.05, 3.63) is 53.9 Å². The smallest absolute Gasteiger partial charge is 0.329 e. The quantitative estimate of drug-likeness (QED) is 0.359. The Bertz CT molecular complexity index is 1480. The van der Waals surface area contributed by atoms with Crippen molar-refractivity contribution in [2.24, 2.45) is 0 Å². The van der Waals surface area contributed by atoms with Gasteiger partial charge in [0.05, 0.1) is 6.61 Å². The van der Waals surface area contributed by atoms with E-state index in [9.17, 15) is 18.0 Å². The third-order valence-electron chi connectivity index (χ3n) is 6.87. The number of likely N-dealkylation sites (tertiary alicyclic amines) is 1. The highest BCUT2D eigenvalue weighted by molar-refractivity contribution is 7.89. The number of amides is 1. The van der Waals surface area contributed by atoms with Gasteiger partial charge in [-0.15, -0.1) is 0 Å². The number of nitrogens with one attached hydrogen (secondary N) is 1. The van der Waals surface area contributed by atoms with Crippen LogP contribution in [0.5, 0.6) is 0 Å². The Morgan fingerprint density at radius 3 is 2.62 bits per heavy atom. The summed E-state index contributed by atoms with van der Waals surface area (Å²) < 4.78 is 33.9. The van der Waals surface area contributed by atoms with E-state index in [4.69, 9.17) is 10.5 Å². The molecule has 3 N–H and O–H groups in total. The van der Waals surface area contributed by atoms with Crippen LogP contribution in [0.3, 0.4) is 0 Å². The minimum absolute atomic E-state index is 0.0428. The van der Waals surface area contributed by atoms with Crippen LogP contribution in [-0.4, -0.2) is 74.5 Å². The van der Waals surface area contributed by atoms with Gasteiger partial charge in [0.2, 0.25) is 15.9 Å². The normalized spacial score (nSPS) is 16.5. The van der Waals surface area contributed by atoms with Gasteiger partial charge >= 0.3 is 5.97 Å². The Kier molecular flexibility index (Phi) is 8.36. The zero-order chi connectivity index (χ0) is 28.3. The topological polar surface area (TPSA) is 148 Å². The van der Waals surface area contributed by atoms with Gasteiger partial charge < -0.3 is 20.3 Å². The van der Waals surface area contributed by atoms with Crippen LogP contribution in [0.15, 0.2) is 47.6 Å². The highest BCUT2D eigenvalue weighted by atomic mass is 32.2. The number of hydrogen-bond donors (Lipinski definition) is 2. The van der Waals surface area contributed by atoms with E-state index in [2.05, 4.69) is 14.7 Å². The van der Waals surface area contributed by atoms with Crippen LogP contribution in [0.4, 0.5) is 11.6 Å². The average Bonchev–Trinajstić information content (AvgIpc) is 3.25. The third kappa shape index (κ3) is 5.96. The lowest BCUT2D eigenvalue weighted by Crippen LogP contribution is -2.48. The van der Waals surface area contributed by atoms with Gasteiger partial charge in [0, 0.05) is 44.8 Å². The molecule has 0 aliphatic carbocycles. The summed E-state index contributed by atoms with van der Waals surface area (Å²) in [4.78, 5) is 38.0. The number of aromatic nitrogens is 2. The van der Waals surface area contributed by atoms with Crippen molar-refractivity contribution in [2.75, 3.05) is 37.9 Å². The SMILES string of the molecule is CCOC(=O)[C@@H](Cc1cc2ccnc(N)c2cc1CC)N1CC[C@H](NS(=O)(=O)c2ccc(N(C)C)nc2)C1=O. The largest absolute Gasteiger partial charge is 0.464 e. The summed E-state index contributed by atoms with van der Waals surface area (Å²) in [6.45, 7) is 4.07. The van der Waals surface area contributed by atoms with E-state index in [0.717, 1.165) is 21.9 Å². The number of benzene rings is 1. The zero-order valence-corrected chi connectivity index (χ0v) is 23.4. The van der Waals surface area contributed by atoms with E-state index < -0.39 is 34.0 Å². The lowest BCUT2D eigenvalue weighted by molar-refractivity contribution is -0.153. The predicted octanol–water partition coefficient (Wildman–Crippen LogP) is 1.89. The van der Waals surface area contributed by atoms with Crippen LogP contribution in [0.1, 0.15) is 31.4 Å². The Balaban J connectivity index is 1.59. The first kappa shape index (κ1) is 28.2. The maximum absolute atomic E-state index is 13.5. The summed E-state index contributed by atoms with van der Waals surface area (Å²) in [5, 5.41) is 1.70. The van der Waals surface area contributed by atoms with Gasteiger partial charge in [-0.25, -0.2) is 23.2 Å². The van der Waals surface area contributed by atoms with Crippen molar-refractivity contribution >= 4 is 44.3 Å². The fourth-order valence-corrected chi connectivity index (χ4v) is 5.96. The van der Waals surface area contributed by atoms with E-state index in [0.29, 0.717) is 18.1 Å². The number of carbonyl (C=O) groups is 2. The Hall–Kier alpha value is -3.77. The molecular weight excluding hydrogens is 520 g/mol. The van der Waals surface area contributed by atoms with Crippen molar-refractivity contribution in [3.8, 4) is 0 Å². The number of carbonyl (C=O) groups excluding carboxylic acids is 2. The van der Waals surface area contributed by atoms with Crippen LogP contribution in [0.2, 0.25) is 0 Å². The number of pyridine rings is 2. The molecule has 4 rings (SSSR count). The monoisotopic (exact) mass is 554 g/mol. The van der Waals surface area contributed by atoms with E-state index in [-0.39, 0.29) is 30.9 Å². The maximum Gasteiger partial charge on any atom is 0.329 e. The van der Waals surface area contributed by atoms with E-state index >= 15 is 0 Å². The standard InChI is InChI=1S/C27H34N6O5S/c1-5-17-14-21-18(9-11-29-25(21)28)13-19(17)15-23(27(35)38-6-2)33-12-10-22(26(33)34)31-39(36,37)20-7-8-24(30-16-20)32(3)4/h7-9,11,13-14,16,22-23,31H,5-6,10,12,15H2,1-4H3,(H2,28,29)/t22-,23+/m0/s1. The molecule has 0 saturated carbocycles. The molecule has 0 spiro atoms. The van der Waals surface area contributed by atoms with Crippen LogP contribution in [0, 0.1) is 0 Å². The molecule has 2 aromatic heterocycles. The number of fused-ring (bicyclic) bond motifs is 1. The lowest BCUT2D eigenvalue weighted by Gasteiger charge is -2.27. The van der Waals surface area contributed by atoms with Crippen molar-refractivity contribution in [1.29, 1.82) is 0 Å². The van der Waals surface area contributed by atoms with Crippen molar-refractivity contribution in [1.82, 2.24) is 19.6 Å². The molecular formula is C27H34N6O5S. The summed E-state index contributed by atoms with van der Waals surface area (Å²) in [6, 6.07) is 6.89. The molecule has 1 aromatic carbocycles. The molecule has 39 heavy (non-hydrogen) atoms. The molecule has 208 valence electrons. The molecule has 2 atom stereocenters. The Morgan fingerprint density at radius 2 is 1.97 bits per heavy atom. The molecule has 1 aliphatic heterocycles. The number of nitrogens with two attached hydrogens (primary N) is 1. The van der Waals surface area contributed by atoms with E-state index in [1.807, 2.05) is 25.1 Å². The molecule has 11 nitrogen and oxygen atoms in total. The molecule has 1 saturated heterocycles. The number of ether oxygens (including phenoxy) is 1. The van der Waals surface area contributed by atoms with Gasteiger partial charge in [0.25, 0.3) is 0 Å². The number of aryl methyl sites for hydroxylation is 1. The van der Waals surface area contributed by atoms with Crippen LogP contribution < -0.4 is 15.4 Å². The number of esters is 1. The number of anilines is 2.